The fraction of sp³-hybridized carbons (Fsp3) is 1.00. The zero-order valence-corrected chi connectivity index (χ0v) is 53.0. The van der Waals surface area contributed by atoms with Crippen LogP contribution in [0.3, 0.4) is 0 Å². The second kappa shape index (κ2) is 41.2. The highest BCUT2D eigenvalue weighted by Gasteiger charge is 2.63. The van der Waals surface area contributed by atoms with Crippen LogP contribution in [0.2, 0.25) is 78.6 Å². The lowest BCUT2D eigenvalue weighted by Gasteiger charge is -2.41. The number of aliphatic hydroxyl groups is 5. The molecule has 0 bridgehead atoms. The van der Waals surface area contributed by atoms with Crippen molar-refractivity contribution in [3.8, 4) is 0 Å². The fourth-order valence-electron chi connectivity index (χ4n) is 5.55. The predicted molar refractivity (Wildman–Crippen MR) is 311 cm³/mol. The molecule has 0 aromatic rings. The molecule has 0 aliphatic rings. The van der Waals surface area contributed by atoms with Crippen LogP contribution in [0.15, 0.2) is 0 Å². The van der Waals surface area contributed by atoms with Crippen molar-refractivity contribution in [2.45, 2.75) is 202 Å². The van der Waals surface area contributed by atoms with Gasteiger partial charge < -0.3 is 113 Å². The minimum Gasteiger partial charge on any atom is -0.416 e. The monoisotopic (exact) mass is 1250 g/mol. The van der Waals surface area contributed by atoms with Crippen molar-refractivity contribution in [2.75, 3.05) is 56.9 Å². The van der Waals surface area contributed by atoms with E-state index in [1.54, 1.807) is 52.4 Å². The summed E-state index contributed by atoms with van der Waals surface area (Å²) in [5.74, 6) is 0. The van der Waals surface area contributed by atoms with Gasteiger partial charge in [0, 0.05) is 56.9 Å². The highest BCUT2D eigenvalue weighted by atomic mass is 28.5. The molecular weight excluding hydrogens is 1140 g/mol. The van der Waals surface area contributed by atoms with Crippen molar-refractivity contribution in [1.82, 2.24) is 0 Å². The zero-order chi connectivity index (χ0) is 52.5. The van der Waals surface area contributed by atoms with Gasteiger partial charge in [-0.1, -0.05) is 59.4 Å². The Morgan fingerprint density at radius 2 is 0.521 bits per heavy atom. The summed E-state index contributed by atoms with van der Waals surface area (Å²) in [6.45, 7) is 26.7. The molecule has 73 heavy (non-hydrogen) atoms. The minimum atomic E-state index is -4.03. The second-order valence-electron chi connectivity index (χ2n) is 17.0. The molecule has 0 spiro atoms. The van der Waals surface area contributed by atoms with Gasteiger partial charge in [-0.05, 0) is 106 Å². The van der Waals surface area contributed by atoms with Crippen LogP contribution in [0.4, 0.5) is 0 Å². The summed E-state index contributed by atoms with van der Waals surface area (Å²) < 4.78 is 95.7. The van der Waals surface area contributed by atoms with Crippen molar-refractivity contribution in [2.24, 2.45) is 0 Å². The van der Waals surface area contributed by atoms with Crippen LogP contribution < -0.4 is 0 Å². The Balaban J connectivity index is -0.0000000939. The van der Waals surface area contributed by atoms with E-state index in [1.165, 1.54) is 84.6 Å². The van der Waals surface area contributed by atoms with Gasteiger partial charge in [-0.2, -0.15) is 0 Å². The van der Waals surface area contributed by atoms with Gasteiger partial charge in [0.1, 0.15) is 12.2 Å². The first-order valence-corrected chi connectivity index (χ1v) is 43.8. The molecule has 0 rings (SSSR count). The third kappa shape index (κ3) is 41.8. The van der Waals surface area contributed by atoms with Crippen LogP contribution in [-0.2, 0) is 72.8 Å². The Hall–Kier alpha value is 1.17. The summed E-state index contributed by atoms with van der Waals surface area (Å²) in [6, 6.07) is 0. The first-order chi connectivity index (χ1) is 28.9. The smallest absolute Gasteiger partial charge is 0.416 e. The first-order valence-electron chi connectivity index (χ1n) is 20.2. The summed E-state index contributed by atoms with van der Waals surface area (Å²) in [6.07, 6.45) is -5.90. The van der Waals surface area contributed by atoms with Crippen molar-refractivity contribution >= 4 is 87.6 Å². The Morgan fingerprint density at radius 1 is 0.288 bits per heavy atom. The summed E-state index contributed by atoms with van der Waals surface area (Å²) in [5, 5.41) is 45.9. The van der Waals surface area contributed by atoms with E-state index in [-0.39, 0.29) is 59.4 Å². The Morgan fingerprint density at radius 3 is 0.699 bits per heavy atom. The lowest BCUT2D eigenvalue weighted by atomic mass is 10.1. The first kappa shape index (κ1) is 99.5. The third-order valence-electron chi connectivity index (χ3n) is 7.46. The molecule has 0 aromatic heterocycles. The van der Waals surface area contributed by atoms with Crippen LogP contribution in [0.5, 0.6) is 0 Å². The van der Waals surface area contributed by atoms with E-state index in [2.05, 4.69) is 0 Å². The average Bonchev–Trinajstić information content (AvgIpc) is 3.12. The molecule has 2 unspecified atom stereocenters. The van der Waals surface area contributed by atoms with E-state index >= 15 is 0 Å². The van der Waals surface area contributed by atoms with Gasteiger partial charge in [-0.15, -0.1) is 0 Å². The summed E-state index contributed by atoms with van der Waals surface area (Å²) in [5.41, 5.74) is 0. The van der Waals surface area contributed by atoms with E-state index in [1.807, 2.05) is 26.2 Å². The van der Waals surface area contributed by atoms with E-state index in [0.29, 0.717) is 0 Å². The Bertz CT molecular complexity index is 1270. The maximum atomic E-state index is 10.2. The highest BCUT2D eigenvalue weighted by molar-refractivity contribution is 6.88. The molecule has 0 fully saturated rings. The quantitative estimate of drug-likeness (QED) is 0.0409. The SMILES string of the molecule is C.C.C.C.C.C.C.C.CO[Si](O)(OC)O[Si](OC)(OC)O[Si](C)(C)O[Si](C)(C)O[Si](C)(C)O.CO[Si](OC)(OC([C@H](C)O)[C@@H](C)O)O[Si](OC)(OC)O[Si](C)(C)O[Si](C)(C)O[Si](C)(C)O.C[C@H](O)C(O)[C@@H](C)O. The average molecular weight is 1260 g/mol. The molecule has 35 heteroatoms. The maximum absolute atomic E-state index is 10.2. The lowest BCUT2D eigenvalue weighted by molar-refractivity contribution is -0.101. The van der Waals surface area contributed by atoms with Gasteiger partial charge in [0.25, 0.3) is 0 Å². The van der Waals surface area contributed by atoms with Gasteiger partial charge in [0.15, 0.2) is 0 Å². The number of aliphatic hydroxyl groups excluding tert-OH is 5. The lowest BCUT2D eigenvalue weighted by Crippen LogP contribution is -2.66. The molecule has 0 radical (unpaired) electrons. The molecule has 0 saturated carbocycles. The molecule has 0 saturated heterocycles. The minimum absolute atomic E-state index is 0. The molecular formula is C38H118O25Si10. The van der Waals surface area contributed by atoms with Gasteiger partial charge in [0.05, 0.1) is 24.4 Å². The number of hydrogen-bond donors (Lipinski definition) is 8. The van der Waals surface area contributed by atoms with Crippen LogP contribution in [0.1, 0.15) is 87.1 Å². The molecule has 460 valence electrons. The third-order valence-corrected chi connectivity index (χ3v) is 37.8. The molecule has 0 heterocycles. The molecule has 8 N–H and O–H groups in total. The number of hydrogen-bond acceptors (Lipinski definition) is 25. The number of rotatable bonds is 30. The molecule has 0 aromatic carbocycles. The van der Waals surface area contributed by atoms with Gasteiger partial charge >= 0.3 is 87.6 Å². The molecule has 0 amide bonds. The molecule has 25 nitrogen and oxygen atoms in total. The Labute approximate surface area is 457 Å². The summed E-state index contributed by atoms with van der Waals surface area (Å²) in [7, 11) is -22.3. The topological polar surface area (TPSA) is 319 Å². The van der Waals surface area contributed by atoms with Crippen LogP contribution >= 0.6 is 0 Å². The van der Waals surface area contributed by atoms with Gasteiger partial charge in [-0.25, -0.2) is 0 Å². The standard InChI is InChI=1S/C15H42O12Si5.C10H32O10Si5.C5H12O3.8CH4/c1-13(16)15(14(2)17)23-31(19-3,20-4)27-32(21-5,22-6)26-30(11,12)25-29(9,10)24-28(7,8)18;1-13-24(12,14-2)20-25(15-3,16-4)19-23(9,10)18-22(7,8)17-21(5,6)11;1-3(6)5(8)4(2)7;;;;;;;;/h13-18H,1-12H3;11-12H,1-10H3;3-8H,1-2H3;8*1H4/t13-,14+,15?;;3-,4+,5?;;;;;;;;. The van der Waals surface area contributed by atoms with E-state index in [4.69, 9.17) is 88.1 Å². The largest absolute Gasteiger partial charge is 0.673 e. The molecule has 6 atom stereocenters. The van der Waals surface area contributed by atoms with Crippen LogP contribution in [0.25, 0.3) is 0 Å². The maximum Gasteiger partial charge on any atom is 0.673 e. The van der Waals surface area contributed by atoms with E-state index < -0.39 is 124 Å². The molecule has 0 aliphatic carbocycles. The van der Waals surface area contributed by atoms with E-state index in [9.17, 15) is 24.6 Å². The van der Waals surface area contributed by atoms with Gasteiger partial charge in [-0.3, -0.25) is 0 Å². The normalized spacial score (nSPS) is 15.1. The fourth-order valence-corrected chi connectivity index (χ4v) is 41.0. The van der Waals surface area contributed by atoms with Crippen molar-refractivity contribution in [3.63, 3.8) is 0 Å². The Kier molecular flexibility index (Phi) is 56.2. The van der Waals surface area contributed by atoms with Crippen molar-refractivity contribution in [1.29, 1.82) is 0 Å². The summed E-state index contributed by atoms with van der Waals surface area (Å²) >= 11 is 0. The highest BCUT2D eigenvalue weighted by Crippen LogP contribution is 2.29. The van der Waals surface area contributed by atoms with Gasteiger partial charge in [0.2, 0.25) is 0 Å². The summed E-state index contributed by atoms with van der Waals surface area (Å²) in [4.78, 5) is 30.4. The van der Waals surface area contributed by atoms with Crippen molar-refractivity contribution < 1.29 is 113 Å². The predicted octanol–water partition coefficient (Wildman–Crippen LogP) is 5.55. The van der Waals surface area contributed by atoms with E-state index in [0.717, 1.165) is 0 Å². The van der Waals surface area contributed by atoms with Crippen molar-refractivity contribution in [3.05, 3.63) is 0 Å². The van der Waals surface area contributed by atoms with Crippen LogP contribution in [0, 0.1) is 0 Å². The zero-order valence-electron chi connectivity index (χ0n) is 43.0. The second-order valence-corrected chi connectivity index (χ2v) is 48.1. The molecule has 0 aliphatic heterocycles. The van der Waals surface area contributed by atoms with Crippen LogP contribution in [-0.4, -0.2) is 221 Å².